The summed E-state index contributed by atoms with van der Waals surface area (Å²) < 4.78 is 4.61. The molecule has 3 heteroatoms. The van der Waals surface area contributed by atoms with Gasteiger partial charge in [-0.05, 0) is 56.3 Å². The highest BCUT2D eigenvalue weighted by molar-refractivity contribution is 5.68. The summed E-state index contributed by atoms with van der Waals surface area (Å²) in [5.41, 5.74) is 6.27. The van der Waals surface area contributed by atoms with Gasteiger partial charge in [0.05, 0.1) is 7.11 Å². The Hall–Kier alpha value is -0.830. The Bertz CT molecular complexity index is 312. The summed E-state index contributed by atoms with van der Waals surface area (Å²) in [4.78, 5) is 10.9. The molecule has 0 amide bonds. The number of ether oxygens (including phenoxy) is 1. The van der Waals surface area contributed by atoms with E-state index < -0.39 is 0 Å². The van der Waals surface area contributed by atoms with Gasteiger partial charge in [-0.3, -0.25) is 4.79 Å². The number of nitrogens with two attached hydrogens (primary N) is 1. The molecule has 2 bridgehead atoms. The topological polar surface area (TPSA) is 52.3 Å². The van der Waals surface area contributed by atoms with Crippen LogP contribution in [0.1, 0.15) is 44.9 Å². The van der Waals surface area contributed by atoms with Gasteiger partial charge in [0.15, 0.2) is 0 Å². The fourth-order valence-electron chi connectivity index (χ4n) is 3.64. The second-order valence-electron chi connectivity index (χ2n) is 5.75. The summed E-state index contributed by atoms with van der Waals surface area (Å²) in [6, 6.07) is 0.434. The van der Waals surface area contributed by atoms with Crippen molar-refractivity contribution >= 4 is 5.97 Å². The van der Waals surface area contributed by atoms with E-state index in [-0.39, 0.29) is 5.97 Å². The molecular weight excluding hydrogens is 226 g/mol. The van der Waals surface area contributed by atoms with E-state index in [2.05, 4.69) is 16.9 Å². The Morgan fingerprint density at radius 3 is 2.78 bits per heavy atom. The van der Waals surface area contributed by atoms with Crippen LogP contribution in [0.25, 0.3) is 0 Å². The van der Waals surface area contributed by atoms with Crippen LogP contribution in [0.3, 0.4) is 0 Å². The first-order valence-electron chi connectivity index (χ1n) is 7.19. The maximum Gasteiger partial charge on any atom is 0.305 e. The van der Waals surface area contributed by atoms with E-state index in [0.29, 0.717) is 18.4 Å². The highest BCUT2D eigenvalue weighted by Crippen LogP contribution is 2.48. The molecule has 0 saturated heterocycles. The molecule has 102 valence electrons. The molecular formula is C15H25NO2. The lowest BCUT2D eigenvalue weighted by Gasteiger charge is -2.27. The molecule has 2 N–H and O–H groups in total. The SMILES string of the molecule is COC(=O)CCC/C=C\C[C@H]1C(N)[C@H]2CC[C@@H]1C2. The van der Waals surface area contributed by atoms with E-state index in [1.54, 1.807) is 0 Å². The van der Waals surface area contributed by atoms with Crippen molar-refractivity contribution < 1.29 is 9.53 Å². The Morgan fingerprint density at radius 2 is 2.11 bits per heavy atom. The largest absolute Gasteiger partial charge is 0.469 e. The first-order chi connectivity index (χ1) is 8.72. The number of carbonyl (C=O) groups excluding carboxylic acids is 1. The lowest BCUT2D eigenvalue weighted by Crippen LogP contribution is -2.35. The summed E-state index contributed by atoms with van der Waals surface area (Å²) >= 11 is 0. The van der Waals surface area contributed by atoms with E-state index in [9.17, 15) is 4.79 Å². The molecule has 0 aromatic heterocycles. The van der Waals surface area contributed by atoms with E-state index >= 15 is 0 Å². The summed E-state index contributed by atoms with van der Waals surface area (Å²) in [6.45, 7) is 0. The van der Waals surface area contributed by atoms with Crippen LogP contribution >= 0.6 is 0 Å². The summed E-state index contributed by atoms with van der Waals surface area (Å²) in [5, 5.41) is 0. The van der Waals surface area contributed by atoms with Gasteiger partial charge in [0.25, 0.3) is 0 Å². The lowest BCUT2D eigenvalue weighted by molar-refractivity contribution is -0.140. The summed E-state index contributed by atoms with van der Waals surface area (Å²) in [6.07, 6.45) is 12.1. The molecule has 3 nitrogen and oxygen atoms in total. The lowest BCUT2D eigenvalue weighted by atomic mass is 9.83. The van der Waals surface area contributed by atoms with Crippen LogP contribution in [0.2, 0.25) is 0 Å². The number of hydrogen-bond acceptors (Lipinski definition) is 3. The zero-order valence-corrected chi connectivity index (χ0v) is 11.3. The highest BCUT2D eigenvalue weighted by Gasteiger charge is 2.44. The van der Waals surface area contributed by atoms with Crippen LogP contribution in [-0.4, -0.2) is 19.1 Å². The third-order valence-electron chi connectivity index (χ3n) is 4.71. The van der Waals surface area contributed by atoms with Crippen LogP contribution in [0.15, 0.2) is 12.2 Å². The standard InChI is InChI=1S/C15H25NO2/c1-18-14(17)7-5-3-2-4-6-13-11-8-9-12(10-11)15(13)16/h2,4,11-13,15H,3,5-10,16H2,1H3/b4-2-/t11-,12+,13-,15?/m1/s1. The monoisotopic (exact) mass is 251 g/mol. The fourth-order valence-corrected chi connectivity index (χ4v) is 3.64. The van der Waals surface area contributed by atoms with Crippen molar-refractivity contribution in [2.45, 2.75) is 51.0 Å². The molecule has 2 aliphatic carbocycles. The molecule has 2 rings (SSSR count). The maximum atomic E-state index is 10.9. The average Bonchev–Trinajstić information content (AvgIpc) is 2.95. The van der Waals surface area contributed by atoms with Gasteiger partial charge in [0.2, 0.25) is 0 Å². The first kappa shape index (κ1) is 13.6. The van der Waals surface area contributed by atoms with Crippen LogP contribution in [-0.2, 0) is 9.53 Å². The van der Waals surface area contributed by atoms with Crippen molar-refractivity contribution in [2.24, 2.45) is 23.5 Å². The predicted molar refractivity (Wildman–Crippen MR) is 71.9 cm³/mol. The second-order valence-corrected chi connectivity index (χ2v) is 5.75. The van der Waals surface area contributed by atoms with Crippen molar-refractivity contribution in [1.29, 1.82) is 0 Å². The quantitative estimate of drug-likeness (QED) is 0.448. The number of carbonyl (C=O) groups is 1. The molecule has 4 atom stereocenters. The molecule has 0 aromatic rings. The van der Waals surface area contributed by atoms with Crippen LogP contribution < -0.4 is 5.73 Å². The van der Waals surface area contributed by atoms with Crippen molar-refractivity contribution in [3.05, 3.63) is 12.2 Å². The smallest absolute Gasteiger partial charge is 0.305 e. The molecule has 2 aliphatic rings. The molecule has 2 saturated carbocycles. The summed E-state index contributed by atoms with van der Waals surface area (Å²) in [7, 11) is 1.44. The second kappa shape index (κ2) is 6.37. The van der Waals surface area contributed by atoms with Gasteiger partial charge in [0, 0.05) is 12.5 Å². The van der Waals surface area contributed by atoms with Crippen LogP contribution in [0.4, 0.5) is 0 Å². The zero-order chi connectivity index (χ0) is 13.0. The molecule has 0 radical (unpaired) electrons. The van der Waals surface area contributed by atoms with E-state index in [1.165, 1.54) is 26.4 Å². The van der Waals surface area contributed by atoms with Gasteiger partial charge >= 0.3 is 5.97 Å². The average molecular weight is 251 g/mol. The number of hydrogen-bond donors (Lipinski definition) is 1. The Morgan fingerprint density at radius 1 is 1.33 bits per heavy atom. The minimum Gasteiger partial charge on any atom is -0.469 e. The van der Waals surface area contributed by atoms with Crippen LogP contribution in [0.5, 0.6) is 0 Å². The Kier molecular flexibility index (Phi) is 4.81. The van der Waals surface area contributed by atoms with Crippen molar-refractivity contribution in [3.8, 4) is 0 Å². The number of esters is 1. The number of fused-ring (bicyclic) bond motifs is 2. The Labute approximate surface area is 110 Å². The molecule has 2 fully saturated rings. The number of rotatable bonds is 6. The van der Waals surface area contributed by atoms with Gasteiger partial charge in [-0.15, -0.1) is 0 Å². The predicted octanol–water partition coefficient (Wildman–Crippen LogP) is 2.65. The maximum absolute atomic E-state index is 10.9. The third-order valence-corrected chi connectivity index (χ3v) is 4.71. The van der Waals surface area contributed by atoms with E-state index in [4.69, 9.17) is 5.73 Å². The molecule has 0 aliphatic heterocycles. The molecule has 0 aromatic carbocycles. The van der Waals surface area contributed by atoms with E-state index in [0.717, 1.165) is 31.1 Å². The third kappa shape index (κ3) is 3.14. The highest BCUT2D eigenvalue weighted by atomic mass is 16.5. The molecule has 1 unspecified atom stereocenters. The number of methoxy groups -OCH3 is 1. The van der Waals surface area contributed by atoms with Gasteiger partial charge in [-0.1, -0.05) is 12.2 Å². The van der Waals surface area contributed by atoms with Crippen LogP contribution in [0, 0.1) is 17.8 Å². The normalized spacial score (nSPS) is 34.3. The fraction of sp³-hybridized carbons (Fsp3) is 0.800. The van der Waals surface area contributed by atoms with E-state index in [1.807, 2.05) is 0 Å². The van der Waals surface area contributed by atoms with Gasteiger partial charge in [-0.25, -0.2) is 0 Å². The first-order valence-corrected chi connectivity index (χ1v) is 7.19. The molecule has 0 heterocycles. The zero-order valence-electron chi connectivity index (χ0n) is 11.3. The van der Waals surface area contributed by atoms with Crippen molar-refractivity contribution in [1.82, 2.24) is 0 Å². The van der Waals surface area contributed by atoms with Gasteiger partial charge < -0.3 is 10.5 Å². The minimum atomic E-state index is -0.112. The minimum absolute atomic E-state index is 0.112. The van der Waals surface area contributed by atoms with Gasteiger partial charge in [-0.2, -0.15) is 0 Å². The van der Waals surface area contributed by atoms with Crippen molar-refractivity contribution in [3.63, 3.8) is 0 Å². The van der Waals surface area contributed by atoms with Crippen molar-refractivity contribution in [2.75, 3.05) is 7.11 Å². The number of unbranched alkanes of at least 4 members (excludes halogenated alkanes) is 1. The van der Waals surface area contributed by atoms with Gasteiger partial charge in [0.1, 0.15) is 0 Å². The summed E-state index contributed by atoms with van der Waals surface area (Å²) in [5.74, 6) is 2.27. The molecule has 0 spiro atoms. The molecule has 18 heavy (non-hydrogen) atoms. The Balaban J connectivity index is 1.61. The number of allylic oxidation sites excluding steroid dienone is 2.